The van der Waals surface area contributed by atoms with Crippen LogP contribution >= 0.6 is 0 Å². The molecule has 2 aromatic carbocycles. The van der Waals surface area contributed by atoms with Gasteiger partial charge in [0.2, 0.25) is 11.8 Å². The molecule has 0 bridgehead atoms. The molecule has 180 valence electrons. The highest BCUT2D eigenvalue weighted by Crippen LogP contribution is 2.29. The number of carbonyl (C=O) groups is 2. The number of carbonyl (C=O) groups excluding carboxylic acids is 2. The highest BCUT2D eigenvalue weighted by molar-refractivity contribution is 6.01. The molecule has 9 heteroatoms. The van der Waals surface area contributed by atoms with Gasteiger partial charge in [-0.15, -0.1) is 5.10 Å². The zero-order valence-corrected chi connectivity index (χ0v) is 19.6. The average molecular weight is 475 g/mol. The number of halogens is 1. The van der Waals surface area contributed by atoms with Crippen molar-refractivity contribution < 1.29 is 14.0 Å². The van der Waals surface area contributed by atoms with Crippen LogP contribution in [0.4, 0.5) is 10.1 Å². The summed E-state index contributed by atoms with van der Waals surface area (Å²) < 4.78 is 15.7. The van der Waals surface area contributed by atoms with Crippen molar-refractivity contribution in [3.05, 3.63) is 84.4 Å². The molecule has 1 atom stereocenters. The maximum Gasteiger partial charge on any atom is 0.249 e. The zero-order chi connectivity index (χ0) is 24.8. The molecule has 0 radical (unpaired) electrons. The Morgan fingerprint density at radius 2 is 1.91 bits per heavy atom. The van der Waals surface area contributed by atoms with E-state index in [0.717, 1.165) is 6.42 Å². The minimum absolute atomic E-state index is 0.187. The Bertz CT molecular complexity index is 1310. The Morgan fingerprint density at radius 3 is 2.66 bits per heavy atom. The topological polar surface area (TPSA) is 93.0 Å². The van der Waals surface area contributed by atoms with E-state index in [9.17, 15) is 14.0 Å². The van der Waals surface area contributed by atoms with Gasteiger partial charge in [0.15, 0.2) is 0 Å². The van der Waals surface area contributed by atoms with E-state index in [2.05, 4.69) is 34.5 Å². The number of hydrogen-bond acceptors (Lipinski definition) is 5. The van der Waals surface area contributed by atoms with Gasteiger partial charge in [-0.3, -0.25) is 19.5 Å². The maximum absolute atomic E-state index is 14.3. The molecule has 0 saturated carbocycles. The van der Waals surface area contributed by atoms with Gasteiger partial charge in [0, 0.05) is 30.2 Å². The zero-order valence-electron chi connectivity index (χ0n) is 19.6. The molecule has 2 amide bonds. The lowest BCUT2D eigenvalue weighted by molar-refractivity contribution is -0.127. The fourth-order valence-electron chi connectivity index (χ4n) is 3.84. The molecule has 0 spiro atoms. The van der Waals surface area contributed by atoms with Crippen LogP contribution < -0.4 is 10.2 Å². The standard InChI is InChI=1S/C26H27FN6O2/c1-18(2)12-14-29-26(35)25(19-7-6-13-28-16-19)33(21-9-5-8-20(27)15-21)24(34)17-32-23-11-4-3-10-22(23)30-31-32/h3-11,13,15-16,18,25H,12,14,17H2,1-2H3,(H,29,35)/t25-/m0/s1. The molecular formula is C26H27FN6O2. The summed E-state index contributed by atoms with van der Waals surface area (Å²) in [6.07, 6.45) is 3.91. The van der Waals surface area contributed by atoms with Gasteiger partial charge in [0.1, 0.15) is 23.9 Å². The van der Waals surface area contributed by atoms with Gasteiger partial charge in [0.25, 0.3) is 0 Å². The summed E-state index contributed by atoms with van der Waals surface area (Å²) in [5.74, 6) is -0.941. The number of rotatable bonds is 9. The summed E-state index contributed by atoms with van der Waals surface area (Å²) in [6, 6.07) is 15.3. The van der Waals surface area contributed by atoms with Crippen LogP contribution in [0.5, 0.6) is 0 Å². The van der Waals surface area contributed by atoms with Crippen LogP contribution in [0.15, 0.2) is 73.1 Å². The maximum atomic E-state index is 14.3. The number of nitrogens with zero attached hydrogens (tertiary/aromatic N) is 5. The van der Waals surface area contributed by atoms with Gasteiger partial charge in [-0.1, -0.05) is 43.3 Å². The molecule has 4 aromatic rings. The molecule has 0 aliphatic carbocycles. The van der Waals surface area contributed by atoms with E-state index in [1.807, 2.05) is 18.2 Å². The first-order valence-electron chi connectivity index (χ1n) is 11.5. The largest absolute Gasteiger partial charge is 0.354 e. The normalized spacial score (nSPS) is 12.0. The number of benzene rings is 2. The van der Waals surface area contributed by atoms with Crippen molar-refractivity contribution in [2.45, 2.75) is 32.9 Å². The second kappa shape index (κ2) is 10.9. The van der Waals surface area contributed by atoms with Crippen LogP contribution in [-0.4, -0.2) is 38.3 Å². The van der Waals surface area contributed by atoms with Crippen molar-refractivity contribution in [3.63, 3.8) is 0 Å². The first-order chi connectivity index (χ1) is 16.9. The van der Waals surface area contributed by atoms with Crippen molar-refractivity contribution >= 4 is 28.5 Å². The lowest BCUT2D eigenvalue weighted by Gasteiger charge is -2.31. The Kier molecular flexibility index (Phi) is 7.45. The molecule has 2 aromatic heterocycles. The first-order valence-corrected chi connectivity index (χ1v) is 11.5. The quantitative estimate of drug-likeness (QED) is 0.397. The second-order valence-corrected chi connectivity index (χ2v) is 8.64. The Hall–Kier alpha value is -4.14. The molecule has 0 unspecified atom stereocenters. The van der Waals surface area contributed by atoms with Gasteiger partial charge in [-0.25, -0.2) is 9.07 Å². The number of fused-ring (bicyclic) bond motifs is 1. The van der Waals surface area contributed by atoms with Gasteiger partial charge in [0.05, 0.1) is 5.52 Å². The molecule has 0 fully saturated rings. The third kappa shape index (κ3) is 5.68. The summed E-state index contributed by atoms with van der Waals surface area (Å²) >= 11 is 0. The lowest BCUT2D eigenvalue weighted by atomic mass is 10.0. The molecule has 2 heterocycles. The highest BCUT2D eigenvalue weighted by atomic mass is 19.1. The van der Waals surface area contributed by atoms with Crippen molar-refractivity contribution in [1.29, 1.82) is 0 Å². The first kappa shape index (κ1) is 24.0. The molecule has 8 nitrogen and oxygen atoms in total. The molecular weight excluding hydrogens is 447 g/mol. The Labute approximate surface area is 202 Å². The van der Waals surface area contributed by atoms with E-state index < -0.39 is 17.8 Å². The van der Waals surface area contributed by atoms with Crippen LogP contribution in [0, 0.1) is 11.7 Å². The van der Waals surface area contributed by atoms with Crippen LogP contribution in [0.25, 0.3) is 11.0 Å². The number of aromatic nitrogens is 4. The van der Waals surface area contributed by atoms with E-state index >= 15 is 0 Å². The van der Waals surface area contributed by atoms with E-state index in [-0.39, 0.29) is 18.1 Å². The monoisotopic (exact) mass is 474 g/mol. The van der Waals surface area contributed by atoms with E-state index in [1.54, 1.807) is 30.5 Å². The summed E-state index contributed by atoms with van der Waals surface area (Å²) in [6.45, 7) is 4.39. The van der Waals surface area contributed by atoms with Crippen molar-refractivity contribution in [3.8, 4) is 0 Å². The second-order valence-electron chi connectivity index (χ2n) is 8.64. The fourth-order valence-corrected chi connectivity index (χ4v) is 3.84. The molecule has 0 saturated heterocycles. The van der Waals surface area contributed by atoms with E-state index in [1.165, 1.54) is 34.0 Å². The number of para-hydroxylation sites is 1. The molecule has 0 aliphatic rings. The summed E-state index contributed by atoms with van der Waals surface area (Å²) in [4.78, 5) is 32.7. The average Bonchev–Trinajstić information content (AvgIpc) is 3.25. The van der Waals surface area contributed by atoms with Gasteiger partial charge in [-0.05, 0) is 48.7 Å². The van der Waals surface area contributed by atoms with Gasteiger partial charge >= 0.3 is 0 Å². The number of pyridine rings is 1. The third-order valence-corrected chi connectivity index (χ3v) is 5.59. The number of amides is 2. The van der Waals surface area contributed by atoms with Crippen LogP contribution in [0.2, 0.25) is 0 Å². The van der Waals surface area contributed by atoms with Gasteiger partial charge < -0.3 is 5.32 Å². The third-order valence-electron chi connectivity index (χ3n) is 5.59. The SMILES string of the molecule is CC(C)CCNC(=O)[C@H](c1cccnc1)N(C(=O)Cn1nnc2ccccc21)c1cccc(F)c1. The highest BCUT2D eigenvalue weighted by Gasteiger charge is 2.33. The summed E-state index contributed by atoms with van der Waals surface area (Å²) in [5, 5.41) is 11.1. The predicted octanol–water partition coefficient (Wildman–Crippen LogP) is 3.90. The Balaban J connectivity index is 1.74. The molecule has 35 heavy (non-hydrogen) atoms. The minimum atomic E-state index is -1.06. The van der Waals surface area contributed by atoms with Crippen LogP contribution in [-0.2, 0) is 16.1 Å². The number of anilines is 1. The predicted molar refractivity (Wildman–Crippen MR) is 131 cm³/mol. The molecule has 4 rings (SSSR count). The van der Waals surface area contributed by atoms with Gasteiger partial charge in [-0.2, -0.15) is 0 Å². The smallest absolute Gasteiger partial charge is 0.249 e. The lowest BCUT2D eigenvalue weighted by Crippen LogP contribution is -2.45. The van der Waals surface area contributed by atoms with E-state index in [4.69, 9.17) is 0 Å². The van der Waals surface area contributed by atoms with E-state index in [0.29, 0.717) is 29.1 Å². The molecule has 1 N–H and O–H groups in total. The van der Waals surface area contributed by atoms with Crippen LogP contribution in [0.1, 0.15) is 31.9 Å². The summed E-state index contributed by atoms with van der Waals surface area (Å²) in [7, 11) is 0. The number of nitrogens with one attached hydrogen (secondary N) is 1. The van der Waals surface area contributed by atoms with Crippen molar-refractivity contribution in [2.24, 2.45) is 5.92 Å². The fraction of sp³-hybridized carbons (Fsp3) is 0.269. The minimum Gasteiger partial charge on any atom is -0.354 e. The van der Waals surface area contributed by atoms with Crippen LogP contribution in [0.3, 0.4) is 0 Å². The molecule has 0 aliphatic heterocycles. The number of hydrogen-bond donors (Lipinski definition) is 1. The van der Waals surface area contributed by atoms with Crippen molar-refractivity contribution in [2.75, 3.05) is 11.4 Å². The van der Waals surface area contributed by atoms with Crippen molar-refractivity contribution in [1.82, 2.24) is 25.3 Å². The summed E-state index contributed by atoms with van der Waals surface area (Å²) in [5.41, 5.74) is 2.09. The Morgan fingerprint density at radius 1 is 1.09 bits per heavy atom.